The van der Waals surface area contributed by atoms with Gasteiger partial charge < -0.3 is 5.32 Å². The number of carbonyl (C=O) groups excluding carboxylic acids is 2. The van der Waals surface area contributed by atoms with E-state index in [0.29, 0.717) is 19.3 Å². The molecule has 0 bridgehead atoms. The van der Waals surface area contributed by atoms with Gasteiger partial charge >= 0.3 is 0 Å². The molecule has 0 radical (unpaired) electrons. The second-order valence-electron chi connectivity index (χ2n) is 2.99. The molecule has 3 N–H and O–H groups in total. The molecule has 1 aliphatic carbocycles. The fourth-order valence-corrected chi connectivity index (χ4v) is 1.64. The maximum Gasteiger partial charge on any atom is 0.269 e. The average Bonchev–Trinajstić information content (AvgIpc) is 2.53. The van der Waals surface area contributed by atoms with Gasteiger partial charge in [-0.1, -0.05) is 12.8 Å². The lowest BCUT2D eigenvalue weighted by atomic mass is 9.97. The third kappa shape index (κ3) is 1.40. The van der Waals surface area contributed by atoms with Crippen molar-refractivity contribution in [1.29, 1.82) is 0 Å². The highest BCUT2D eigenvalue weighted by molar-refractivity contribution is 5.87. The van der Waals surface area contributed by atoms with Crippen LogP contribution in [0.4, 0.5) is 0 Å². The van der Waals surface area contributed by atoms with E-state index >= 15 is 0 Å². The van der Waals surface area contributed by atoms with Crippen LogP contribution in [0.15, 0.2) is 0 Å². The Morgan fingerprint density at radius 1 is 1.42 bits per heavy atom. The Balaban J connectivity index is 2.70. The summed E-state index contributed by atoms with van der Waals surface area (Å²) < 4.78 is 0. The lowest BCUT2D eigenvalue weighted by Crippen LogP contribution is -2.54. The zero-order chi connectivity index (χ0) is 9.03. The van der Waals surface area contributed by atoms with Crippen LogP contribution in [0.3, 0.4) is 0 Å². The van der Waals surface area contributed by atoms with E-state index in [9.17, 15) is 9.59 Å². The van der Waals surface area contributed by atoms with Crippen LogP contribution in [0, 0.1) is 0 Å². The molecule has 0 aromatic carbocycles. The molecule has 68 valence electrons. The Labute approximate surface area is 70.1 Å². The van der Waals surface area contributed by atoms with Gasteiger partial charge in [-0.15, -0.1) is 0 Å². The van der Waals surface area contributed by atoms with Crippen LogP contribution in [0.1, 0.15) is 25.7 Å². The topological polar surface area (TPSA) is 78.4 Å². The van der Waals surface area contributed by atoms with Gasteiger partial charge in [-0.05, 0) is 12.8 Å². The van der Waals surface area contributed by atoms with E-state index < -0.39 is 11.4 Å². The van der Waals surface area contributed by atoms with Crippen LogP contribution in [-0.2, 0) is 9.59 Å². The average molecular weight is 172 g/mol. The number of rotatable bonds is 3. The summed E-state index contributed by atoms with van der Waals surface area (Å²) in [5.74, 6) is -0.521. The molecule has 0 aliphatic heterocycles. The number of nitrogens with one attached hydrogen (secondary N) is 2. The number of hydroxylamine groups is 1. The molecule has 0 heterocycles. The zero-order valence-electron chi connectivity index (χ0n) is 6.67. The molecule has 1 rings (SSSR count). The first-order valence-electron chi connectivity index (χ1n) is 3.91. The first-order valence-corrected chi connectivity index (χ1v) is 3.91. The van der Waals surface area contributed by atoms with E-state index in [1.165, 1.54) is 0 Å². The summed E-state index contributed by atoms with van der Waals surface area (Å²) >= 11 is 0. The number of hydrogen-bond acceptors (Lipinski definition) is 3. The minimum absolute atomic E-state index is 0.501. The van der Waals surface area contributed by atoms with E-state index in [2.05, 4.69) is 5.32 Å². The Morgan fingerprint density at radius 2 is 2.00 bits per heavy atom. The van der Waals surface area contributed by atoms with Gasteiger partial charge in [0.1, 0.15) is 5.54 Å². The first-order chi connectivity index (χ1) is 5.75. The minimum atomic E-state index is -0.865. The van der Waals surface area contributed by atoms with Gasteiger partial charge in [-0.3, -0.25) is 14.8 Å². The summed E-state index contributed by atoms with van der Waals surface area (Å²) in [6, 6.07) is 0. The van der Waals surface area contributed by atoms with Gasteiger partial charge in [0.25, 0.3) is 5.91 Å². The van der Waals surface area contributed by atoms with E-state index in [1.807, 2.05) is 0 Å². The fraction of sp³-hybridized carbons (Fsp3) is 0.714. The lowest BCUT2D eigenvalue weighted by Gasteiger charge is -2.24. The van der Waals surface area contributed by atoms with Gasteiger partial charge in [0, 0.05) is 0 Å². The quantitative estimate of drug-likeness (QED) is 0.306. The largest absolute Gasteiger partial charge is 0.344 e. The predicted octanol–water partition coefficient (Wildman–Crippen LogP) is -0.449. The van der Waals surface area contributed by atoms with E-state index in [-0.39, 0.29) is 0 Å². The third-order valence-corrected chi connectivity index (χ3v) is 2.33. The second kappa shape index (κ2) is 3.53. The number of amides is 2. The van der Waals surface area contributed by atoms with Crippen LogP contribution in [-0.4, -0.2) is 23.1 Å². The molecule has 12 heavy (non-hydrogen) atoms. The molecule has 0 saturated heterocycles. The molecule has 1 fully saturated rings. The van der Waals surface area contributed by atoms with Gasteiger partial charge in [0.15, 0.2) is 0 Å². The summed E-state index contributed by atoms with van der Waals surface area (Å²) in [4.78, 5) is 21.4. The van der Waals surface area contributed by atoms with Gasteiger partial charge in [0.2, 0.25) is 6.41 Å². The third-order valence-electron chi connectivity index (χ3n) is 2.33. The molecule has 0 spiro atoms. The van der Waals surface area contributed by atoms with Crippen LogP contribution >= 0.6 is 0 Å². The van der Waals surface area contributed by atoms with E-state index in [1.54, 1.807) is 5.48 Å². The summed E-state index contributed by atoms with van der Waals surface area (Å²) in [6.45, 7) is 0. The molecule has 0 unspecified atom stereocenters. The first kappa shape index (κ1) is 8.99. The summed E-state index contributed by atoms with van der Waals surface area (Å²) in [7, 11) is 0. The van der Waals surface area contributed by atoms with E-state index in [4.69, 9.17) is 5.21 Å². The molecule has 2 amide bonds. The molecule has 5 nitrogen and oxygen atoms in total. The SMILES string of the molecule is O=CNC1(C(=O)NO)CCCC1. The van der Waals surface area contributed by atoms with Crippen molar-refractivity contribution in [2.75, 3.05) is 0 Å². The molecule has 1 aliphatic rings. The van der Waals surface area contributed by atoms with E-state index in [0.717, 1.165) is 12.8 Å². The van der Waals surface area contributed by atoms with Crippen LogP contribution < -0.4 is 10.8 Å². The predicted molar refractivity (Wildman–Crippen MR) is 40.3 cm³/mol. The highest BCUT2D eigenvalue weighted by Crippen LogP contribution is 2.29. The minimum Gasteiger partial charge on any atom is -0.344 e. The molecule has 1 saturated carbocycles. The van der Waals surface area contributed by atoms with Crippen LogP contribution in [0.5, 0.6) is 0 Å². The van der Waals surface area contributed by atoms with Crippen molar-refractivity contribution in [2.24, 2.45) is 0 Å². The maximum absolute atomic E-state index is 11.1. The van der Waals surface area contributed by atoms with Crippen LogP contribution in [0.25, 0.3) is 0 Å². The zero-order valence-corrected chi connectivity index (χ0v) is 6.67. The van der Waals surface area contributed by atoms with Crippen molar-refractivity contribution < 1.29 is 14.8 Å². The smallest absolute Gasteiger partial charge is 0.269 e. The van der Waals surface area contributed by atoms with Crippen molar-refractivity contribution in [3.05, 3.63) is 0 Å². The highest BCUT2D eigenvalue weighted by Gasteiger charge is 2.40. The monoisotopic (exact) mass is 172 g/mol. The molecular formula is C7H12N2O3. The van der Waals surface area contributed by atoms with Gasteiger partial charge in [-0.2, -0.15) is 0 Å². The molecule has 0 aromatic heterocycles. The fourth-order valence-electron chi connectivity index (χ4n) is 1.64. The standard InChI is InChI=1S/C7H12N2O3/c10-5-8-7(6(11)9-12)3-1-2-4-7/h5,12H,1-4H2,(H,8,10)(H,9,11). The highest BCUT2D eigenvalue weighted by atomic mass is 16.5. The maximum atomic E-state index is 11.1. The lowest BCUT2D eigenvalue weighted by molar-refractivity contribution is -0.137. The normalized spacial score (nSPS) is 20.1. The van der Waals surface area contributed by atoms with Gasteiger partial charge in [-0.25, -0.2) is 5.48 Å². The molecule has 0 aromatic rings. The van der Waals surface area contributed by atoms with Crippen molar-refractivity contribution in [3.63, 3.8) is 0 Å². The summed E-state index contributed by atoms with van der Waals surface area (Å²) in [5, 5.41) is 10.9. The molecule has 0 atom stereocenters. The molecular weight excluding hydrogens is 160 g/mol. The Bertz CT molecular complexity index is 187. The summed E-state index contributed by atoms with van der Waals surface area (Å²) in [6.07, 6.45) is 3.49. The Morgan fingerprint density at radius 3 is 2.42 bits per heavy atom. The number of carbonyl (C=O) groups is 2. The Hall–Kier alpha value is -1.10. The van der Waals surface area contributed by atoms with Gasteiger partial charge in [0.05, 0.1) is 0 Å². The second-order valence-corrected chi connectivity index (χ2v) is 2.99. The summed E-state index contributed by atoms with van der Waals surface area (Å²) in [5.41, 5.74) is 0.708. The van der Waals surface area contributed by atoms with Crippen molar-refractivity contribution in [1.82, 2.24) is 10.8 Å². The number of hydrogen-bond donors (Lipinski definition) is 3. The van der Waals surface area contributed by atoms with Crippen molar-refractivity contribution in [2.45, 2.75) is 31.2 Å². The van der Waals surface area contributed by atoms with Crippen LogP contribution in [0.2, 0.25) is 0 Å². The molecule has 5 heteroatoms. The van der Waals surface area contributed by atoms with Crippen molar-refractivity contribution in [3.8, 4) is 0 Å². The Kier molecular flexibility index (Phi) is 2.65. The van der Waals surface area contributed by atoms with Crippen molar-refractivity contribution >= 4 is 12.3 Å².